The summed E-state index contributed by atoms with van der Waals surface area (Å²) in [5, 5.41) is 3.26. The zero-order valence-corrected chi connectivity index (χ0v) is 17.4. The van der Waals surface area contributed by atoms with E-state index in [1.54, 1.807) is 0 Å². The Kier molecular flexibility index (Phi) is 8.42. The van der Waals surface area contributed by atoms with Crippen LogP contribution in [-0.2, 0) is 5.75 Å². The van der Waals surface area contributed by atoms with E-state index in [1.807, 2.05) is 45.0 Å². The largest absolute Gasteiger partial charge is 0.321 e. The van der Waals surface area contributed by atoms with Gasteiger partial charge in [-0.3, -0.25) is 4.79 Å². The van der Waals surface area contributed by atoms with Crippen LogP contribution in [0.1, 0.15) is 35.5 Å². The first-order valence-corrected chi connectivity index (χ1v) is 10.2. The van der Waals surface area contributed by atoms with Crippen LogP contribution >= 0.6 is 23.4 Å². The smallest absolute Gasteiger partial charge is 0.275 e. The summed E-state index contributed by atoms with van der Waals surface area (Å²) in [5.74, 6) is -0.167. The second-order valence-electron chi connectivity index (χ2n) is 5.58. The van der Waals surface area contributed by atoms with Crippen LogP contribution in [0.15, 0.2) is 59.9 Å². The van der Waals surface area contributed by atoms with Gasteiger partial charge < -0.3 is 5.32 Å². The molecule has 146 valence electrons. The average molecular weight is 418 g/mol. The molecule has 0 saturated heterocycles. The number of benzene rings is 2. The summed E-state index contributed by atoms with van der Waals surface area (Å²) in [6.07, 6.45) is 1.41. The lowest BCUT2D eigenvalue weighted by atomic mass is 10.2. The number of nitrogens with zero attached hydrogens (tertiary/aromatic N) is 2. The third-order valence-corrected chi connectivity index (χ3v) is 4.74. The van der Waals surface area contributed by atoms with Gasteiger partial charge in [-0.1, -0.05) is 67.0 Å². The lowest BCUT2D eigenvalue weighted by Gasteiger charge is -2.07. The maximum absolute atomic E-state index is 13.0. The third-order valence-electron chi connectivity index (χ3n) is 3.53. The number of nitrogens with one attached hydrogen (secondary N) is 1. The lowest BCUT2D eigenvalue weighted by Crippen LogP contribution is -2.15. The fourth-order valence-electron chi connectivity index (χ4n) is 2.14. The molecule has 4 nitrogen and oxygen atoms in total. The van der Waals surface area contributed by atoms with Crippen molar-refractivity contribution in [3.8, 4) is 0 Å². The summed E-state index contributed by atoms with van der Waals surface area (Å²) in [7, 11) is 0. The highest BCUT2D eigenvalue weighted by Crippen LogP contribution is 2.23. The standard InChI is InChI=1S/C19H15ClFN3OS.C2H6/c1-12-2-4-13(5-3-12)11-26-19-22-10-16(20)17(24-19)18(25)23-15-8-6-14(21)7-9-15;1-2/h2-10H,11H2,1H3,(H,23,25);1-2H3. The number of aryl methyl sites for hydroxylation is 1. The van der Waals surface area contributed by atoms with Crippen molar-refractivity contribution >= 4 is 35.0 Å². The highest BCUT2D eigenvalue weighted by molar-refractivity contribution is 7.98. The Morgan fingerprint density at radius 2 is 1.75 bits per heavy atom. The fourth-order valence-corrected chi connectivity index (χ4v) is 3.08. The van der Waals surface area contributed by atoms with Gasteiger partial charge >= 0.3 is 0 Å². The maximum atomic E-state index is 13.0. The minimum atomic E-state index is -0.471. The zero-order valence-electron chi connectivity index (χ0n) is 15.9. The number of thioether (sulfide) groups is 1. The van der Waals surface area contributed by atoms with Crippen LogP contribution < -0.4 is 5.32 Å². The molecule has 0 bridgehead atoms. The van der Waals surface area contributed by atoms with Crippen molar-refractivity contribution in [3.63, 3.8) is 0 Å². The highest BCUT2D eigenvalue weighted by Gasteiger charge is 2.15. The van der Waals surface area contributed by atoms with Gasteiger partial charge in [-0.25, -0.2) is 14.4 Å². The Morgan fingerprint density at radius 3 is 2.39 bits per heavy atom. The Hall–Kier alpha value is -2.44. The molecule has 7 heteroatoms. The highest BCUT2D eigenvalue weighted by atomic mass is 35.5. The summed E-state index contributed by atoms with van der Waals surface area (Å²) < 4.78 is 13.0. The van der Waals surface area contributed by atoms with E-state index in [0.29, 0.717) is 16.6 Å². The van der Waals surface area contributed by atoms with Crippen molar-refractivity contribution in [2.24, 2.45) is 0 Å². The molecule has 0 aliphatic rings. The van der Waals surface area contributed by atoms with Gasteiger partial charge in [0.25, 0.3) is 5.91 Å². The van der Waals surface area contributed by atoms with E-state index in [-0.39, 0.29) is 16.5 Å². The summed E-state index contributed by atoms with van der Waals surface area (Å²) in [5.41, 5.74) is 2.87. The van der Waals surface area contributed by atoms with Crippen molar-refractivity contribution in [2.45, 2.75) is 31.7 Å². The van der Waals surface area contributed by atoms with Crippen LogP contribution in [-0.4, -0.2) is 15.9 Å². The fraction of sp³-hybridized carbons (Fsp3) is 0.190. The molecule has 0 aliphatic heterocycles. The molecular formula is C21H21ClFN3OS. The van der Waals surface area contributed by atoms with Gasteiger partial charge in [-0.2, -0.15) is 0 Å². The van der Waals surface area contributed by atoms with Crippen LogP contribution in [0.5, 0.6) is 0 Å². The number of anilines is 1. The van der Waals surface area contributed by atoms with E-state index >= 15 is 0 Å². The van der Waals surface area contributed by atoms with Crippen molar-refractivity contribution in [3.05, 3.63) is 82.4 Å². The molecule has 0 fully saturated rings. The predicted octanol–water partition coefficient (Wildman–Crippen LogP) is 6.15. The topological polar surface area (TPSA) is 54.9 Å². The van der Waals surface area contributed by atoms with Crippen molar-refractivity contribution in [1.29, 1.82) is 0 Å². The molecule has 3 rings (SSSR count). The number of rotatable bonds is 5. The number of hydrogen-bond donors (Lipinski definition) is 1. The van der Waals surface area contributed by atoms with Crippen LogP contribution in [0.25, 0.3) is 0 Å². The molecule has 2 aromatic carbocycles. The monoisotopic (exact) mass is 417 g/mol. The molecule has 1 N–H and O–H groups in total. The maximum Gasteiger partial charge on any atom is 0.275 e. The first-order valence-electron chi connectivity index (χ1n) is 8.79. The normalized spacial score (nSPS) is 10.0. The quantitative estimate of drug-likeness (QED) is 0.399. The SMILES string of the molecule is CC.Cc1ccc(CSc2ncc(Cl)c(C(=O)Nc3ccc(F)cc3)n2)cc1. The third kappa shape index (κ3) is 6.32. The van der Waals surface area contributed by atoms with E-state index < -0.39 is 5.91 Å². The number of hydrogen-bond acceptors (Lipinski definition) is 4. The minimum absolute atomic E-state index is 0.0809. The number of halogens is 2. The number of aromatic nitrogens is 2. The summed E-state index contributed by atoms with van der Waals surface area (Å²) in [4.78, 5) is 20.8. The molecule has 1 heterocycles. The molecule has 28 heavy (non-hydrogen) atoms. The van der Waals surface area contributed by atoms with E-state index in [4.69, 9.17) is 11.6 Å². The van der Waals surface area contributed by atoms with Gasteiger partial charge in [-0.05, 0) is 36.8 Å². The Balaban J connectivity index is 0.00000136. The van der Waals surface area contributed by atoms with Gasteiger partial charge in [0.1, 0.15) is 5.82 Å². The Morgan fingerprint density at radius 1 is 1.11 bits per heavy atom. The summed E-state index contributed by atoms with van der Waals surface area (Å²) >= 11 is 7.48. The first kappa shape index (κ1) is 21.9. The van der Waals surface area contributed by atoms with E-state index in [1.165, 1.54) is 47.8 Å². The molecular weight excluding hydrogens is 397 g/mol. The van der Waals surface area contributed by atoms with Gasteiger partial charge in [0.05, 0.1) is 11.2 Å². The van der Waals surface area contributed by atoms with Gasteiger partial charge in [0, 0.05) is 11.4 Å². The number of carbonyl (C=O) groups excluding carboxylic acids is 1. The van der Waals surface area contributed by atoms with Gasteiger partial charge in [0.15, 0.2) is 10.9 Å². The molecule has 3 aromatic rings. The molecule has 0 aliphatic carbocycles. The van der Waals surface area contributed by atoms with E-state index in [2.05, 4.69) is 15.3 Å². The van der Waals surface area contributed by atoms with Crippen LogP contribution in [0.2, 0.25) is 5.02 Å². The Bertz CT molecular complexity index is 918. The van der Waals surface area contributed by atoms with Crippen LogP contribution in [0.3, 0.4) is 0 Å². The average Bonchev–Trinajstić information content (AvgIpc) is 2.71. The first-order chi connectivity index (χ1) is 13.5. The lowest BCUT2D eigenvalue weighted by molar-refractivity contribution is 0.102. The number of amides is 1. The predicted molar refractivity (Wildman–Crippen MR) is 113 cm³/mol. The second-order valence-corrected chi connectivity index (χ2v) is 6.93. The summed E-state index contributed by atoms with van der Waals surface area (Å²) in [6.45, 7) is 6.03. The summed E-state index contributed by atoms with van der Waals surface area (Å²) in [6, 6.07) is 13.6. The van der Waals surface area contributed by atoms with Crippen LogP contribution in [0, 0.1) is 12.7 Å². The van der Waals surface area contributed by atoms with Crippen molar-refractivity contribution < 1.29 is 9.18 Å². The van der Waals surface area contributed by atoms with Crippen molar-refractivity contribution in [2.75, 3.05) is 5.32 Å². The molecule has 0 atom stereocenters. The molecule has 1 amide bonds. The van der Waals surface area contributed by atoms with Crippen LogP contribution in [0.4, 0.5) is 10.1 Å². The molecule has 1 aromatic heterocycles. The van der Waals surface area contributed by atoms with E-state index in [9.17, 15) is 9.18 Å². The van der Waals surface area contributed by atoms with E-state index in [0.717, 1.165) is 5.56 Å². The second kappa shape index (κ2) is 10.8. The molecule has 0 spiro atoms. The minimum Gasteiger partial charge on any atom is -0.321 e. The van der Waals surface area contributed by atoms with Gasteiger partial charge in [0.2, 0.25) is 0 Å². The number of carbonyl (C=O) groups is 1. The molecule has 0 unspecified atom stereocenters. The Labute approximate surface area is 173 Å². The molecule has 0 saturated carbocycles. The molecule has 0 radical (unpaired) electrons. The zero-order chi connectivity index (χ0) is 20.5. The van der Waals surface area contributed by atoms with Gasteiger partial charge in [-0.15, -0.1) is 0 Å². The van der Waals surface area contributed by atoms with Crippen molar-refractivity contribution in [1.82, 2.24) is 9.97 Å².